The van der Waals surface area contributed by atoms with Gasteiger partial charge in [-0.05, 0) is 78.9 Å². The Bertz CT molecular complexity index is 1410. The molecule has 36 heavy (non-hydrogen) atoms. The summed E-state index contributed by atoms with van der Waals surface area (Å²) >= 11 is 9.40. The van der Waals surface area contributed by atoms with E-state index in [2.05, 4.69) is 59.2 Å². The minimum Gasteiger partial charge on any atom is -0.495 e. The van der Waals surface area contributed by atoms with Crippen LogP contribution < -0.4 is 20.3 Å². The molecular weight excluding hydrogens is 538 g/mol. The van der Waals surface area contributed by atoms with Crippen LogP contribution in [-0.4, -0.2) is 27.7 Å². The predicted octanol–water partition coefficient (Wildman–Crippen LogP) is 5.78. The Hall–Kier alpha value is -3.69. The fourth-order valence-corrected chi connectivity index (χ4v) is 5.15. The smallest absolute Gasteiger partial charge is 0.221 e. The maximum atomic E-state index is 11.9. The number of halogens is 1. The van der Waals surface area contributed by atoms with Gasteiger partial charge in [0.15, 0.2) is 5.11 Å². The van der Waals surface area contributed by atoms with E-state index in [9.17, 15) is 4.79 Å². The van der Waals surface area contributed by atoms with E-state index < -0.39 is 0 Å². The molecule has 0 spiro atoms. The number of nitrogens with zero attached hydrogens (tertiary/aromatic N) is 3. The number of methoxy groups -OCH3 is 1. The molecule has 182 valence electrons. The van der Waals surface area contributed by atoms with Gasteiger partial charge in [0.25, 0.3) is 0 Å². The number of nitrogens with one attached hydrogen (secondary N) is 2. The summed E-state index contributed by atoms with van der Waals surface area (Å²) in [6, 6.07) is 23.4. The molecule has 1 saturated heterocycles. The summed E-state index contributed by atoms with van der Waals surface area (Å²) in [6.07, 6.45) is 3.83. The second kappa shape index (κ2) is 10.1. The monoisotopic (exact) mass is 561 g/mol. The summed E-state index contributed by atoms with van der Waals surface area (Å²) in [5.74, 6) is 0.391. The molecule has 0 unspecified atom stereocenters. The molecule has 2 atom stereocenters. The normalized spacial score (nSPS) is 17.1. The van der Waals surface area contributed by atoms with Crippen LogP contribution in [0.25, 0.3) is 5.69 Å². The van der Waals surface area contributed by atoms with Gasteiger partial charge in [-0.2, -0.15) is 0 Å². The Kier molecular flexibility index (Phi) is 6.75. The van der Waals surface area contributed by atoms with Gasteiger partial charge in [0.2, 0.25) is 5.91 Å². The summed E-state index contributed by atoms with van der Waals surface area (Å²) in [4.78, 5) is 18.6. The lowest BCUT2D eigenvalue weighted by Gasteiger charge is -2.29. The molecule has 5 rings (SSSR count). The molecule has 0 radical (unpaired) electrons. The van der Waals surface area contributed by atoms with E-state index in [-0.39, 0.29) is 18.0 Å². The molecule has 1 aliphatic heterocycles. The van der Waals surface area contributed by atoms with Crippen molar-refractivity contribution in [3.05, 3.63) is 101 Å². The van der Waals surface area contributed by atoms with Gasteiger partial charge in [0, 0.05) is 40.9 Å². The molecule has 4 aromatic rings. The first kappa shape index (κ1) is 24.0. The summed E-state index contributed by atoms with van der Waals surface area (Å²) in [6.45, 7) is 1.47. The molecule has 2 N–H and O–H groups in total. The van der Waals surface area contributed by atoms with Crippen LogP contribution in [-0.2, 0) is 4.79 Å². The van der Waals surface area contributed by atoms with E-state index in [0.717, 1.165) is 27.2 Å². The standard InChI is InChI=1S/C27H24BrN5O2S/c1-17(34)30-22-16-20(12-13-24(22)35-2)33-26(25(31-27(33)36)21-6-3-4-14-29-21)23-7-5-15-32(23)19-10-8-18(28)9-11-19/h3-16,25-26H,1-2H3,(H,30,34)(H,31,36)/t25-,26+/m0/s1. The molecule has 0 saturated carbocycles. The van der Waals surface area contributed by atoms with Crippen molar-refractivity contribution in [2.45, 2.75) is 19.0 Å². The maximum Gasteiger partial charge on any atom is 0.221 e. The number of thiocarbonyl (C=S) groups is 1. The second-order valence-corrected chi connectivity index (χ2v) is 9.64. The van der Waals surface area contributed by atoms with Gasteiger partial charge >= 0.3 is 0 Å². The molecule has 1 fully saturated rings. The number of hydrogen-bond donors (Lipinski definition) is 2. The third-order valence-corrected chi connectivity index (χ3v) is 6.90. The number of hydrogen-bond acceptors (Lipinski definition) is 4. The van der Waals surface area contributed by atoms with Gasteiger partial charge < -0.3 is 24.8 Å². The molecule has 1 amide bonds. The number of carbonyl (C=O) groups is 1. The van der Waals surface area contributed by atoms with Crippen molar-refractivity contribution < 1.29 is 9.53 Å². The number of pyridine rings is 1. The molecule has 0 bridgehead atoms. The largest absolute Gasteiger partial charge is 0.495 e. The van der Waals surface area contributed by atoms with E-state index in [1.165, 1.54) is 6.92 Å². The first-order chi connectivity index (χ1) is 17.5. The fourth-order valence-electron chi connectivity index (χ4n) is 4.54. The van der Waals surface area contributed by atoms with E-state index in [4.69, 9.17) is 17.0 Å². The van der Waals surface area contributed by atoms with Gasteiger partial charge in [0.1, 0.15) is 11.8 Å². The highest BCUT2D eigenvalue weighted by Gasteiger charge is 2.42. The number of amides is 1. The third-order valence-electron chi connectivity index (χ3n) is 6.06. The van der Waals surface area contributed by atoms with Crippen LogP contribution in [0.2, 0.25) is 0 Å². The number of aromatic nitrogens is 2. The Morgan fingerprint density at radius 1 is 1.08 bits per heavy atom. The molecule has 0 aliphatic carbocycles. The minimum absolute atomic E-state index is 0.181. The van der Waals surface area contributed by atoms with E-state index in [0.29, 0.717) is 16.5 Å². The van der Waals surface area contributed by atoms with Gasteiger partial charge in [-0.15, -0.1) is 0 Å². The Morgan fingerprint density at radius 2 is 1.86 bits per heavy atom. The molecule has 9 heteroatoms. The van der Waals surface area contributed by atoms with Crippen LogP contribution in [0.1, 0.15) is 30.4 Å². The van der Waals surface area contributed by atoms with E-state index in [1.807, 2.05) is 60.8 Å². The number of rotatable bonds is 6. The first-order valence-electron chi connectivity index (χ1n) is 11.4. The summed E-state index contributed by atoms with van der Waals surface area (Å²) < 4.78 is 8.64. The zero-order valence-electron chi connectivity index (χ0n) is 19.7. The average molecular weight is 562 g/mol. The van der Waals surface area contributed by atoms with Gasteiger partial charge in [0.05, 0.1) is 24.5 Å². The zero-order chi connectivity index (χ0) is 25.2. The Morgan fingerprint density at radius 3 is 2.56 bits per heavy atom. The minimum atomic E-state index is -0.218. The van der Waals surface area contributed by atoms with Crippen LogP contribution in [0.4, 0.5) is 11.4 Å². The second-order valence-electron chi connectivity index (χ2n) is 8.34. The highest BCUT2D eigenvalue weighted by molar-refractivity contribution is 9.10. The van der Waals surface area contributed by atoms with Crippen LogP contribution in [0, 0.1) is 0 Å². The quantitative estimate of drug-likeness (QED) is 0.291. The Labute approximate surface area is 223 Å². The molecule has 2 aromatic heterocycles. The molecule has 7 nitrogen and oxygen atoms in total. The van der Waals surface area contributed by atoms with Crippen LogP contribution in [0.5, 0.6) is 5.75 Å². The van der Waals surface area contributed by atoms with Crippen molar-refractivity contribution in [2.75, 3.05) is 17.3 Å². The molecule has 3 heterocycles. The SMILES string of the molecule is COc1ccc(N2C(=S)N[C@@H](c3ccccn3)[C@H]2c2cccn2-c2ccc(Br)cc2)cc1NC(C)=O. The van der Waals surface area contributed by atoms with Crippen molar-refractivity contribution in [3.8, 4) is 11.4 Å². The van der Waals surface area contributed by atoms with Gasteiger partial charge in [-0.3, -0.25) is 9.78 Å². The number of ether oxygens (including phenoxy) is 1. The van der Waals surface area contributed by atoms with Crippen molar-refractivity contribution in [1.29, 1.82) is 0 Å². The van der Waals surface area contributed by atoms with Gasteiger partial charge in [-0.1, -0.05) is 22.0 Å². The zero-order valence-corrected chi connectivity index (χ0v) is 22.1. The molecule has 1 aliphatic rings. The fraction of sp³-hybridized carbons (Fsp3) is 0.148. The summed E-state index contributed by atoms with van der Waals surface area (Å²) in [5.41, 5.74) is 4.35. The van der Waals surface area contributed by atoms with Crippen LogP contribution >= 0.6 is 28.1 Å². The number of carbonyl (C=O) groups excluding carboxylic acids is 1. The van der Waals surface area contributed by atoms with Crippen molar-refractivity contribution >= 4 is 50.5 Å². The molecular formula is C27H24BrN5O2S. The lowest BCUT2D eigenvalue weighted by Crippen LogP contribution is -2.30. The number of anilines is 2. The van der Waals surface area contributed by atoms with Crippen molar-refractivity contribution in [1.82, 2.24) is 14.9 Å². The summed E-state index contributed by atoms with van der Waals surface area (Å²) in [5, 5.41) is 6.92. The van der Waals surface area contributed by atoms with Crippen LogP contribution in [0.3, 0.4) is 0 Å². The maximum absolute atomic E-state index is 11.9. The predicted molar refractivity (Wildman–Crippen MR) is 149 cm³/mol. The molecule has 2 aromatic carbocycles. The number of benzene rings is 2. The highest BCUT2D eigenvalue weighted by Crippen LogP contribution is 2.43. The lowest BCUT2D eigenvalue weighted by molar-refractivity contribution is -0.114. The average Bonchev–Trinajstić information content (AvgIpc) is 3.49. The first-order valence-corrected chi connectivity index (χ1v) is 12.6. The summed E-state index contributed by atoms with van der Waals surface area (Å²) in [7, 11) is 1.58. The van der Waals surface area contributed by atoms with Crippen LogP contribution in [0.15, 0.2) is 89.7 Å². The van der Waals surface area contributed by atoms with E-state index >= 15 is 0 Å². The Balaban J connectivity index is 1.66. The van der Waals surface area contributed by atoms with Crippen molar-refractivity contribution in [3.63, 3.8) is 0 Å². The van der Waals surface area contributed by atoms with E-state index in [1.54, 1.807) is 13.3 Å². The topological polar surface area (TPSA) is 71.4 Å². The third kappa shape index (κ3) is 4.59. The van der Waals surface area contributed by atoms with Crippen molar-refractivity contribution in [2.24, 2.45) is 0 Å². The lowest BCUT2D eigenvalue weighted by atomic mass is 10.0. The highest BCUT2D eigenvalue weighted by atomic mass is 79.9. The van der Waals surface area contributed by atoms with Gasteiger partial charge in [-0.25, -0.2) is 0 Å².